The Morgan fingerprint density at radius 1 is 1.28 bits per heavy atom. The topological polar surface area (TPSA) is 29.5 Å². The first-order chi connectivity index (χ1) is 8.48. The Labute approximate surface area is 108 Å². The van der Waals surface area contributed by atoms with E-state index < -0.39 is 0 Å². The number of rotatable bonds is 0. The maximum Gasteiger partial charge on any atom is 0.410 e. The molecular formula is C15H19NO2. The molecule has 0 radical (unpaired) electrons. The van der Waals surface area contributed by atoms with Gasteiger partial charge in [-0.15, -0.1) is 0 Å². The van der Waals surface area contributed by atoms with E-state index in [0.29, 0.717) is 6.61 Å². The van der Waals surface area contributed by atoms with Crippen LogP contribution in [-0.4, -0.2) is 23.6 Å². The van der Waals surface area contributed by atoms with E-state index in [-0.39, 0.29) is 23.6 Å². The van der Waals surface area contributed by atoms with E-state index in [1.54, 1.807) is 0 Å². The largest absolute Gasteiger partial charge is 0.447 e. The number of carbonyl (C=O) groups excluding carboxylic acids is 1. The van der Waals surface area contributed by atoms with Crippen molar-refractivity contribution in [1.29, 1.82) is 0 Å². The van der Waals surface area contributed by atoms with Gasteiger partial charge >= 0.3 is 6.09 Å². The normalized spacial score (nSPS) is 26.6. The fraction of sp³-hybridized carbons (Fsp3) is 0.533. The van der Waals surface area contributed by atoms with Crippen LogP contribution >= 0.6 is 0 Å². The van der Waals surface area contributed by atoms with Crippen LogP contribution in [0, 0.1) is 5.41 Å². The molecule has 0 bridgehead atoms. The zero-order chi connectivity index (χ0) is 12.9. The molecule has 18 heavy (non-hydrogen) atoms. The van der Waals surface area contributed by atoms with Crippen molar-refractivity contribution >= 4 is 6.09 Å². The predicted octanol–water partition coefficient (Wildman–Crippen LogP) is 3.15. The lowest BCUT2D eigenvalue weighted by Crippen LogP contribution is -2.47. The molecule has 3 rings (SSSR count). The molecule has 3 nitrogen and oxygen atoms in total. The van der Waals surface area contributed by atoms with Gasteiger partial charge < -0.3 is 4.74 Å². The van der Waals surface area contributed by atoms with Crippen LogP contribution in [0.5, 0.6) is 0 Å². The van der Waals surface area contributed by atoms with E-state index in [0.717, 1.165) is 6.42 Å². The van der Waals surface area contributed by atoms with Crippen molar-refractivity contribution in [3.8, 4) is 0 Å². The van der Waals surface area contributed by atoms with Gasteiger partial charge in [-0.05, 0) is 23.0 Å². The van der Waals surface area contributed by atoms with Crippen molar-refractivity contribution in [2.45, 2.75) is 39.3 Å². The van der Waals surface area contributed by atoms with Gasteiger partial charge in [0.2, 0.25) is 0 Å². The monoisotopic (exact) mass is 245 g/mol. The highest BCUT2D eigenvalue weighted by molar-refractivity contribution is 5.72. The van der Waals surface area contributed by atoms with Crippen LogP contribution < -0.4 is 0 Å². The summed E-state index contributed by atoms with van der Waals surface area (Å²) in [6.45, 7) is 7.08. The second-order valence-corrected chi connectivity index (χ2v) is 6.31. The summed E-state index contributed by atoms with van der Waals surface area (Å²) < 4.78 is 5.24. The zero-order valence-corrected chi connectivity index (χ0v) is 11.1. The van der Waals surface area contributed by atoms with Crippen molar-refractivity contribution in [3.63, 3.8) is 0 Å². The molecule has 1 amide bonds. The van der Waals surface area contributed by atoms with E-state index in [1.165, 1.54) is 11.1 Å². The zero-order valence-electron chi connectivity index (χ0n) is 11.1. The van der Waals surface area contributed by atoms with Gasteiger partial charge in [0.25, 0.3) is 0 Å². The van der Waals surface area contributed by atoms with Crippen LogP contribution in [0.3, 0.4) is 0 Å². The molecule has 1 fully saturated rings. The highest BCUT2D eigenvalue weighted by atomic mass is 16.6. The molecule has 0 aliphatic carbocycles. The molecule has 3 heteroatoms. The van der Waals surface area contributed by atoms with Gasteiger partial charge in [-0.25, -0.2) is 4.79 Å². The van der Waals surface area contributed by atoms with Crippen LogP contribution in [0.15, 0.2) is 24.3 Å². The Kier molecular flexibility index (Phi) is 2.40. The van der Waals surface area contributed by atoms with Crippen molar-refractivity contribution in [3.05, 3.63) is 35.4 Å². The molecule has 2 heterocycles. The van der Waals surface area contributed by atoms with Crippen LogP contribution in [0.4, 0.5) is 4.79 Å². The molecule has 0 aromatic heterocycles. The van der Waals surface area contributed by atoms with Gasteiger partial charge in [-0.2, -0.15) is 0 Å². The Balaban J connectivity index is 2.14. The molecule has 0 N–H and O–H groups in total. The molecule has 96 valence electrons. The smallest absolute Gasteiger partial charge is 0.410 e. The minimum atomic E-state index is -0.158. The minimum Gasteiger partial charge on any atom is -0.447 e. The van der Waals surface area contributed by atoms with Crippen LogP contribution in [0.25, 0.3) is 0 Å². The second-order valence-electron chi connectivity index (χ2n) is 6.31. The molecule has 0 saturated carbocycles. The molecule has 2 aliphatic heterocycles. The third-order valence-electron chi connectivity index (χ3n) is 3.91. The van der Waals surface area contributed by atoms with Crippen molar-refractivity contribution in [2.24, 2.45) is 5.41 Å². The highest BCUT2D eigenvalue weighted by Crippen LogP contribution is 2.45. The summed E-state index contributed by atoms with van der Waals surface area (Å²) in [6, 6.07) is 8.77. The van der Waals surface area contributed by atoms with Gasteiger partial charge in [-0.3, -0.25) is 4.90 Å². The first-order valence-electron chi connectivity index (χ1n) is 6.51. The summed E-state index contributed by atoms with van der Waals surface area (Å²) in [4.78, 5) is 13.9. The molecule has 0 unspecified atom stereocenters. The summed E-state index contributed by atoms with van der Waals surface area (Å²) >= 11 is 0. The number of hydrogen-bond donors (Lipinski definition) is 0. The Morgan fingerprint density at radius 3 is 2.72 bits per heavy atom. The lowest BCUT2D eigenvalue weighted by Gasteiger charge is -2.44. The average Bonchev–Trinajstić information content (AvgIpc) is 2.66. The van der Waals surface area contributed by atoms with Crippen molar-refractivity contribution in [1.82, 2.24) is 4.90 Å². The highest BCUT2D eigenvalue weighted by Gasteiger charge is 2.47. The Hall–Kier alpha value is -1.51. The number of nitrogens with zero attached hydrogens (tertiary/aromatic N) is 1. The van der Waals surface area contributed by atoms with E-state index in [2.05, 4.69) is 45.0 Å². The van der Waals surface area contributed by atoms with E-state index in [1.807, 2.05) is 4.90 Å². The predicted molar refractivity (Wildman–Crippen MR) is 69.3 cm³/mol. The fourth-order valence-electron chi connectivity index (χ4n) is 3.22. The number of cyclic esters (lactones) is 1. The van der Waals surface area contributed by atoms with E-state index >= 15 is 0 Å². The van der Waals surface area contributed by atoms with Gasteiger partial charge in [0, 0.05) is 0 Å². The molecule has 0 spiro atoms. The number of carbonyl (C=O) groups is 1. The quantitative estimate of drug-likeness (QED) is 0.702. The SMILES string of the molecule is CC(C)(C)[C@@H]1c2ccccc2C[C@H]2COC(=O)N21. The summed E-state index contributed by atoms with van der Waals surface area (Å²) in [7, 11) is 0. The fourth-order valence-corrected chi connectivity index (χ4v) is 3.22. The summed E-state index contributed by atoms with van der Waals surface area (Å²) in [6.07, 6.45) is 0.753. The minimum absolute atomic E-state index is 0.0120. The summed E-state index contributed by atoms with van der Waals surface area (Å²) in [5.74, 6) is 0. The summed E-state index contributed by atoms with van der Waals surface area (Å²) in [5, 5.41) is 0. The third kappa shape index (κ3) is 1.61. The molecule has 1 aromatic rings. The van der Waals surface area contributed by atoms with Gasteiger partial charge in [0.1, 0.15) is 6.61 Å². The molecule has 1 aromatic carbocycles. The number of benzene rings is 1. The first-order valence-corrected chi connectivity index (χ1v) is 6.51. The number of fused-ring (bicyclic) bond motifs is 2. The lowest BCUT2D eigenvalue weighted by atomic mass is 9.76. The van der Waals surface area contributed by atoms with Crippen LogP contribution in [0.2, 0.25) is 0 Å². The third-order valence-corrected chi connectivity index (χ3v) is 3.91. The molecule has 2 atom stereocenters. The van der Waals surface area contributed by atoms with E-state index in [4.69, 9.17) is 4.74 Å². The average molecular weight is 245 g/mol. The lowest BCUT2D eigenvalue weighted by molar-refractivity contribution is 0.0916. The molecule has 2 aliphatic rings. The van der Waals surface area contributed by atoms with E-state index in [9.17, 15) is 4.79 Å². The maximum atomic E-state index is 12.0. The van der Waals surface area contributed by atoms with Crippen LogP contribution in [-0.2, 0) is 11.2 Å². The van der Waals surface area contributed by atoms with Gasteiger partial charge in [0.15, 0.2) is 0 Å². The number of ether oxygens (including phenoxy) is 1. The van der Waals surface area contributed by atoms with Gasteiger partial charge in [-0.1, -0.05) is 45.0 Å². The van der Waals surface area contributed by atoms with Gasteiger partial charge in [0.05, 0.1) is 12.1 Å². The number of hydrogen-bond acceptors (Lipinski definition) is 2. The Bertz CT molecular complexity index is 490. The first kappa shape index (κ1) is 11.6. The Morgan fingerprint density at radius 2 is 2.00 bits per heavy atom. The summed E-state index contributed by atoms with van der Waals surface area (Å²) in [5.41, 5.74) is 2.65. The second kappa shape index (κ2) is 3.74. The molecular weight excluding hydrogens is 226 g/mol. The van der Waals surface area contributed by atoms with Crippen LogP contribution in [0.1, 0.15) is 37.9 Å². The maximum absolute atomic E-state index is 12.0. The van der Waals surface area contributed by atoms with Crippen molar-refractivity contribution < 1.29 is 9.53 Å². The molecule has 1 saturated heterocycles. The van der Waals surface area contributed by atoms with Crippen molar-refractivity contribution in [2.75, 3.05) is 6.61 Å². The number of amides is 1. The standard InChI is InChI=1S/C15H19NO2/c1-15(2,3)13-12-7-5-4-6-10(12)8-11-9-18-14(17)16(11)13/h4-7,11,13H,8-9H2,1-3H3/t11-,13-/m0/s1.